The van der Waals surface area contributed by atoms with Crippen molar-refractivity contribution in [2.75, 3.05) is 0 Å². The lowest BCUT2D eigenvalue weighted by Gasteiger charge is -2.10. The number of nitrogens with one attached hydrogen (secondary N) is 3. The molecule has 0 spiro atoms. The van der Waals surface area contributed by atoms with Gasteiger partial charge in [-0.25, -0.2) is 0 Å². The predicted molar refractivity (Wildman–Crippen MR) is 94.1 cm³/mol. The molecule has 0 bridgehead atoms. The Morgan fingerprint density at radius 3 is 2.64 bits per heavy atom. The van der Waals surface area contributed by atoms with Crippen LogP contribution in [0.25, 0.3) is 10.9 Å². The topological polar surface area (TPSA) is 86.9 Å². The third-order valence-corrected chi connectivity index (χ3v) is 4.57. The zero-order valence-corrected chi connectivity index (χ0v) is 13.6. The Morgan fingerprint density at radius 2 is 1.80 bits per heavy atom. The van der Waals surface area contributed by atoms with Gasteiger partial charge in [0, 0.05) is 17.3 Å². The smallest absolute Gasteiger partial charge is 0.288 e. The molecule has 0 aliphatic heterocycles. The lowest BCUT2D eigenvalue weighted by atomic mass is 9.95. The number of aromatic amines is 1. The number of aryl methyl sites for hydroxylation is 2. The van der Waals surface area contributed by atoms with Gasteiger partial charge in [0.1, 0.15) is 5.69 Å². The van der Waals surface area contributed by atoms with Crippen LogP contribution in [0, 0.1) is 0 Å². The average molecular weight is 334 g/mol. The van der Waals surface area contributed by atoms with E-state index in [4.69, 9.17) is 0 Å². The largest absolute Gasteiger partial charge is 0.358 e. The fourth-order valence-electron chi connectivity index (χ4n) is 3.36. The van der Waals surface area contributed by atoms with E-state index in [1.165, 1.54) is 30.3 Å². The van der Waals surface area contributed by atoms with E-state index in [1.54, 1.807) is 24.3 Å². The van der Waals surface area contributed by atoms with Crippen LogP contribution in [0.2, 0.25) is 0 Å². The monoisotopic (exact) mass is 334 g/mol. The molecule has 3 N–H and O–H groups in total. The molecule has 1 aromatic carbocycles. The summed E-state index contributed by atoms with van der Waals surface area (Å²) in [6.07, 6.45) is 5.93. The third kappa shape index (κ3) is 2.87. The Bertz CT molecular complexity index is 947. The normalized spacial score (nSPS) is 13.3. The average Bonchev–Trinajstić information content (AvgIpc) is 3.05. The molecule has 126 valence electrons. The number of rotatable bonds is 2. The van der Waals surface area contributed by atoms with E-state index in [2.05, 4.69) is 20.8 Å². The van der Waals surface area contributed by atoms with Crippen LogP contribution >= 0.6 is 0 Å². The molecule has 4 rings (SSSR count). The number of pyridine rings is 1. The molecule has 3 aromatic rings. The number of fused-ring (bicyclic) bond motifs is 3. The minimum Gasteiger partial charge on any atom is -0.358 e. The van der Waals surface area contributed by atoms with Crippen molar-refractivity contribution in [2.24, 2.45) is 0 Å². The Morgan fingerprint density at radius 1 is 0.960 bits per heavy atom. The number of amides is 2. The first-order valence-corrected chi connectivity index (χ1v) is 8.38. The van der Waals surface area contributed by atoms with Gasteiger partial charge in [0.15, 0.2) is 0 Å². The van der Waals surface area contributed by atoms with Gasteiger partial charge in [-0.3, -0.25) is 25.4 Å². The number of benzene rings is 1. The second kappa shape index (κ2) is 6.39. The van der Waals surface area contributed by atoms with Gasteiger partial charge in [-0.2, -0.15) is 0 Å². The molecule has 0 unspecified atom stereocenters. The summed E-state index contributed by atoms with van der Waals surface area (Å²) in [6.45, 7) is 0. The van der Waals surface area contributed by atoms with Gasteiger partial charge in [0.2, 0.25) is 0 Å². The van der Waals surface area contributed by atoms with Crippen LogP contribution in [0.15, 0.2) is 42.6 Å². The van der Waals surface area contributed by atoms with Crippen molar-refractivity contribution in [2.45, 2.75) is 25.7 Å². The fourth-order valence-corrected chi connectivity index (χ4v) is 3.36. The molecule has 25 heavy (non-hydrogen) atoms. The molecule has 6 nitrogen and oxygen atoms in total. The first-order chi connectivity index (χ1) is 12.2. The van der Waals surface area contributed by atoms with E-state index in [0.717, 1.165) is 23.7 Å². The lowest BCUT2D eigenvalue weighted by Crippen LogP contribution is -2.42. The summed E-state index contributed by atoms with van der Waals surface area (Å²) in [6, 6.07) is 10.7. The van der Waals surface area contributed by atoms with Crippen molar-refractivity contribution in [3.05, 3.63) is 65.1 Å². The molecule has 6 heteroatoms. The summed E-state index contributed by atoms with van der Waals surface area (Å²) in [4.78, 5) is 31.9. The molecule has 2 amide bonds. The molecule has 0 atom stereocenters. The van der Waals surface area contributed by atoms with Gasteiger partial charge < -0.3 is 4.98 Å². The quantitative estimate of drug-likeness (QED) is 0.629. The van der Waals surface area contributed by atoms with E-state index >= 15 is 0 Å². The summed E-state index contributed by atoms with van der Waals surface area (Å²) in [5, 5.41) is 1.10. The molecule has 0 radical (unpaired) electrons. The molecule has 1 aliphatic carbocycles. The van der Waals surface area contributed by atoms with Crippen LogP contribution in [-0.2, 0) is 12.8 Å². The highest BCUT2D eigenvalue weighted by atomic mass is 16.2. The number of para-hydroxylation sites is 1. The number of carbonyl (C=O) groups excluding carboxylic acids is 2. The van der Waals surface area contributed by atoms with Crippen LogP contribution in [0.3, 0.4) is 0 Å². The Hall–Kier alpha value is -3.15. The summed E-state index contributed by atoms with van der Waals surface area (Å²) < 4.78 is 0. The number of hydrogen-bond donors (Lipinski definition) is 3. The number of carbonyl (C=O) groups is 2. The van der Waals surface area contributed by atoms with E-state index < -0.39 is 5.91 Å². The Kier molecular flexibility index (Phi) is 3.93. The maximum Gasteiger partial charge on any atom is 0.288 e. The van der Waals surface area contributed by atoms with Crippen molar-refractivity contribution < 1.29 is 9.59 Å². The molecular weight excluding hydrogens is 316 g/mol. The standard InChI is InChI=1S/C19H18N4O2/c24-18(22-23-19(25)16-10-3-4-11-20-16)14-8-5-7-13-12-6-1-2-9-15(12)21-17(13)14/h3-5,7-8,10-11,21H,1-2,6,9H2,(H,22,24)(H,23,25). The second-order valence-electron chi connectivity index (χ2n) is 6.14. The SMILES string of the molecule is O=C(NNC(=O)c1cccc2c3c([nH]c12)CCCC3)c1ccccn1. The first kappa shape index (κ1) is 15.4. The molecule has 2 heterocycles. The van der Waals surface area contributed by atoms with Crippen molar-refractivity contribution in [3.63, 3.8) is 0 Å². The second-order valence-corrected chi connectivity index (χ2v) is 6.14. The molecule has 0 saturated heterocycles. The zero-order chi connectivity index (χ0) is 17.2. The predicted octanol–water partition coefficient (Wildman–Crippen LogP) is 2.52. The van der Waals surface area contributed by atoms with Gasteiger partial charge in [-0.15, -0.1) is 0 Å². The highest BCUT2D eigenvalue weighted by Gasteiger charge is 2.19. The summed E-state index contributed by atoms with van der Waals surface area (Å²) in [5.74, 6) is -0.805. The zero-order valence-electron chi connectivity index (χ0n) is 13.6. The van der Waals surface area contributed by atoms with Crippen LogP contribution in [0.1, 0.15) is 44.9 Å². The summed E-state index contributed by atoms with van der Waals surface area (Å²) >= 11 is 0. The fraction of sp³-hybridized carbons (Fsp3) is 0.211. The van der Waals surface area contributed by atoms with Crippen LogP contribution in [-0.4, -0.2) is 21.8 Å². The molecule has 2 aromatic heterocycles. The number of hydrazine groups is 1. The van der Waals surface area contributed by atoms with Crippen molar-refractivity contribution in [1.29, 1.82) is 0 Å². The first-order valence-electron chi connectivity index (χ1n) is 8.38. The maximum atomic E-state index is 12.5. The molecule has 0 saturated carbocycles. The Labute approximate surface area is 144 Å². The lowest BCUT2D eigenvalue weighted by molar-refractivity contribution is 0.0844. The highest BCUT2D eigenvalue weighted by molar-refractivity contribution is 6.07. The number of aromatic nitrogens is 2. The third-order valence-electron chi connectivity index (χ3n) is 4.57. The van der Waals surface area contributed by atoms with E-state index in [9.17, 15) is 9.59 Å². The number of hydrogen-bond acceptors (Lipinski definition) is 3. The van der Waals surface area contributed by atoms with Gasteiger partial charge >= 0.3 is 0 Å². The van der Waals surface area contributed by atoms with Crippen molar-refractivity contribution >= 4 is 22.7 Å². The number of H-pyrrole nitrogens is 1. The van der Waals surface area contributed by atoms with Gasteiger partial charge in [-0.1, -0.05) is 18.2 Å². The summed E-state index contributed by atoms with van der Waals surface area (Å²) in [7, 11) is 0. The van der Waals surface area contributed by atoms with Crippen LogP contribution in [0.5, 0.6) is 0 Å². The highest BCUT2D eigenvalue weighted by Crippen LogP contribution is 2.30. The van der Waals surface area contributed by atoms with Gasteiger partial charge in [-0.05, 0) is 49.4 Å². The number of nitrogens with zero attached hydrogens (tertiary/aromatic N) is 1. The van der Waals surface area contributed by atoms with Crippen LogP contribution in [0.4, 0.5) is 0 Å². The molecular formula is C19H18N4O2. The molecule has 1 aliphatic rings. The van der Waals surface area contributed by atoms with E-state index in [1.807, 2.05) is 12.1 Å². The Balaban J connectivity index is 1.56. The van der Waals surface area contributed by atoms with E-state index in [-0.39, 0.29) is 11.6 Å². The maximum absolute atomic E-state index is 12.5. The summed E-state index contributed by atoms with van der Waals surface area (Å²) in [5.41, 5.74) is 9.02. The van der Waals surface area contributed by atoms with Crippen LogP contribution < -0.4 is 10.9 Å². The van der Waals surface area contributed by atoms with E-state index in [0.29, 0.717) is 5.56 Å². The minimum atomic E-state index is -0.452. The van der Waals surface area contributed by atoms with Crippen molar-refractivity contribution in [1.82, 2.24) is 20.8 Å². The van der Waals surface area contributed by atoms with Crippen molar-refractivity contribution in [3.8, 4) is 0 Å². The minimum absolute atomic E-state index is 0.247. The van der Waals surface area contributed by atoms with Gasteiger partial charge in [0.05, 0.1) is 11.1 Å². The van der Waals surface area contributed by atoms with Gasteiger partial charge in [0.25, 0.3) is 11.8 Å². The molecule has 0 fully saturated rings.